The predicted molar refractivity (Wildman–Crippen MR) is 84.6 cm³/mol. The predicted octanol–water partition coefficient (Wildman–Crippen LogP) is 3.01. The summed E-state index contributed by atoms with van der Waals surface area (Å²) in [6.07, 6.45) is 0.962. The number of ether oxygens (including phenoxy) is 2. The zero-order valence-electron chi connectivity index (χ0n) is 12.3. The van der Waals surface area contributed by atoms with Gasteiger partial charge in [0.2, 0.25) is 0 Å². The van der Waals surface area contributed by atoms with Gasteiger partial charge in [0.05, 0.1) is 12.8 Å². The van der Waals surface area contributed by atoms with Crippen LogP contribution in [0.4, 0.5) is 11.4 Å². The van der Waals surface area contributed by atoms with E-state index in [0.717, 1.165) is 34.9 Å². The summed E-state index contributed by atoms with van der Waals surface area (Å²) in [4.78, 5) is 0. The second-order valence-corrected chi connectivity index (χ2v) is 5.28. The third-order valence-electron chi connectivity index (χ3n) is 3.77. The number of anilines is 2. The van der Waals surface area contributed by atoms with E-state index >= 15 is 0 Å². The van der Waals surface area contributed by atoms with Crippen LogP contribution in [0.15, 0.2) is 36.4 Å². The van der Waals surface area contributed by atoms with Crippen molar-refractivity contribution in [2.45, 2.75) is 19.4 Å². The molecule has 4 nitrogen and oxygen atoms in total. The Morgan fingerprint density at radius 3 is 2.90 bits per heavy atom. The largest absolute Gasteiger partial charge is 0.496 e. The number of hydrogen-bond acceptors (Lipinski definition) is 4. The van der Waals surface area contributed by atoms with Crippen LogP contribution in [0.25, 0.3) is 0 Å². The molecule has 1 aliphatic rings. The highest BCUT2D eigenvalue weighted by Crippen LogP contribution is 2.37. The molecule has 3 rings (SSSR count). The van der Waals surface area contributed by atoms with Crippen LogP contribution in [0, 0.1) is 6.92 Å². The van der Waals surface area contributed by atoms with Crippen LogP contribution in [0.3, 0.4) is 0 Å². The van der Waals surface area contributed by atoms with Crippen LogP contribution in [0.2, 0.25) is 0 Å². The first kappa shape index (κ1) is 13.8. The Morgan fingerprint density at radius 2 is 2.19 bits per heavy atom. The lowest BCUT2D eigenvalue weighted by Crippen LogP contribution is -2.24. The van der Waals surface area contributed by atoms with Crippen LogP contribution in [0.1, 0.15) is 11.1 Å². The first-order valence-corrected chi connectivity index (χ1v) is 7.11. The number of nitrogens with two attached hydrogens (primary N) is 1. The van der Waals surface area contributed by atoms with Gasteiger partial charge in [-0.2, -0.15) is 0 Å². The molecule has 2 aromatic carbocycles. The SMILES string of the molecule is COc1ccc(Nc2cccc3c2OC(CN)C3)cc1C. The van der Waals surface area contributed by atoms with Gasteiger partial charge in [-0.25, -0.2) is 0 Å². The highest BCUT2D eigenvalue weighted by atomic mass is 16.5. The maximum absolute atomic E-state index is 5.92. The molecular weight excluding hydrogens is 264 g/mol. The third kappa shape index (κ3) is 2.67. The van der Waals surface area contributed by atoms with Gasteiger partial charge in [0.25, 0.3) is 0 Å². The van der Waals surface area contributed by atoms with E-state index in [2.05, 4.69) is 17.4 Å². The van der Waals surface area contributed by atoms with Crippen molar-refractivity contribution in [2.75, 3.05) is 19.0 Å². The second-order valence-electron chi connectivity index (χ2n) is 5.28. The van der Waals surface area contributed by atoms with E-state index in [1.807, 2.05) is 31.2 Å². The van der Waals surface area contributed by atoms with Gasteiger partial charge in [0.1, 0.15) is 17.6 Å². The molecule has 1 aliphatic heterocycles. The Kier molecular flexibility index (Phi) is 3.71. The Balaban J connectivity index is 1.87. The number of aryl methyl sites for hydroxylation is 1. The zero-order chi connectivity index (χ0) is 14.8. The maximum atomic E-state index is 5.92. The van der Waals surface area contributed by atoms with E-state index in [-0.39, 0.29) is 6.10 Å². The fourth-order valence-corrected chi connectivity index (χ4v) is 2.68. The molecule has 0 aliphatic carbocycles. The van der Waals surface area contributed by atoms with E-state index in [4.69, 9.17) is 15.2 Å². The first-order valence-electron chi connectivity index (χ1n) is 7.11. The molecule has 2 aromatic rings. The van der Waals surface area contributed by atoms with Gasteiger partial charge in [-0.05, 0) is 36.8 Å². The monoisotopic (exact) mass is 284 g/mol. The Labute approximate surface area is 124 Å². The molecule has 21 heavy (non-hydrogen) atoms. The minimum Gasteiger partial charge on any atom is -0.496 e. The summed E-state index contributed by atoms with van der Waals surface area (Å²) in [7, 11) is 1.68. The standard InChI is InChI=1S/C17H20N2O2/c1-11-8-13(6-7-16(11)20-2)19-15-5-3-4-12-9-14(10-18)21-17(12)15/h3-8,14,19H,9-10,18H2,1-2H3. The average molecular weight is 284 g/mol. The minimum absolute atomic E-state index is 0.0838. The Bertz CT molecular complexity index is 655. The van der Waals surface area contributed by atoms with E-state index in [1.165, 1.54) is 5.56 Å². The number of fused-ring (bicyclic) bond motifs is 1. The van der Waals surface area contributed by atoms with Crippen molar-refractivity contribution in [2.24, 2.45) is 5.73 Å². The molecule has 0 saturated carbocycles. The van der Waals surface area contributed by atoms with Gasteiger partial charge in [-0.15, -0.1) is 0 Å². The lowest BCUT2D eigenvalue weighted by atomic mass is 10.1. The lowest BCUT2D eigenvalue weighted by molar-refractivity contribution is 0.242. The van der Waals surface area contributed by atoms with Crippen molar-refractivity contribution >= 4 is 11.4 Å². The topological polar surface area (TPSA) is 56.5 Å². The summed E-state index contributed by atoms with van der Waals surface area (Å²) in [6, 6.07) is 12.2. The normalized spacial score (nSPS) is 16.2. The third-order valence-corrected chi connectivity index (χ3v) is 3.77. The van der Waals surface area contributed by atoms with Crippen molar-refractivity contribution in [1.29, 1.82) is 0 Å². The van der Waals surface area contributed by atoms with Gasteiger partial charge < -0.3 is 20.5 Å². The van der Waals surface area contributed by atoms with Crippen molar-refractivity contribution in [3.8, 4) is 11.5 Å². The van der Waals surface area contributed by atoms with Crippen LogP contribution in [-0.4, -0.2) is 19.8 Å². The molecule has 0 bridgehead atoms. The average Bonchev–Trinajstić information content (AvgIpc) is 2.92. The molecule has 1 unspecified atom stereocenters. The van der Waals surface area contributed by atoms with E-state index in [1.54, 1.807) is 7.11 Å². The van der Waals surface area contributed by atoms with Crippen molar-refractivity contribution in [3.05, 3.63) is 47.5 Å². The fraction of sp³-hybridized carbons (Fsp3) is 0.294. The van der Waals surface area contributed by atoms with Gasteiger partial charge in [0.15, 0.2) is 0 Å². The zero-order valence-corrected chi connectivity index (χ0v) is 12.3. The summed E-state index contributed by atoms with van der Waals surface area (Å²) in [5, 5.41) is 3.42. The quantitative estimate of drug-likeness (QED) is 0.906. The lowest BCUT2D eigenvalue weighted by Gasteiger charge is -2.14. The molecular formula is C17H20N2O2. The summed E-state index contributed by atoms with van der Waals surface area (Å²) in [5.74, 6) is 1.81. The minimum atomic E-state index is 0.0838. The molecule has 0 spiro atoms. The number of rotatable bonds is 4. The number of benzene rings is 2. The van der Waals surface area contributed by atoms with Crippen LogP contribution < -0.4 is 20.5 Å². The van der Waals surface area contributed by atoms with Gasteiger partial charge >= 0.3 is 0 Å². The van der Waals surface area contributed by atoms with Crippen molar-refractivity contribution in [3.63, 3.8) is 0 Å². The van der Waals surface area contributed by atoms with E-state index in [0.29, 0.717) is 6.54 Å². The van der Waals surface area contributed by atoms with Gasteiger partial charge in [-0.3, -0.25) is 0 Å². The summed E-state index contributed by atoms with van der Waals surface area (Å²) in [6.45, 7) is 2.57. The van der Waals surface area contributed by atoms with Gasteiger partial charge in [-0.1, -0.05) is 12.1 Å². The molecule has 110 valence electrons. The van der Waals surface area contributed by atoms with Gasteiger partial charge in [0, 0.05) is 24.2 Å². The van der Waals surface area contributed by atoms with E-state index < -0.39 is 0 Å². The number of para-hydroxylation sites is 1. The molecule has 0 fully saturated rings. The summed E-state index contributed by atoms with van der Waals surface area (Å²) in [5.41, 5.74) is 10.0. The van der Waals surface area contributed by atoms with E-state index in [9.17, 15) is 0 Å². The first-order chi connectivity index (χ1) is 10.2. The molecule has 1 atom stereocenters. The van der Waals surface area contributed by atoms with Crippen LogP contribution in [0.5, 0.6) is 11.5 Å². The molecule has 0 saturated heterocycles. The van der Waals surface area contributed by atoms with Crippen LogP contribution in [-0.2, 0) is 6.42 Å². The fourth-order valence-electron chi connectivity index (χ4n) is 2.68. The maximum Gasteiger partial charge on any atom is 0.146 e. The molecule has 4 heteroatoms. The number of nitrogens with one attached hydrogen (secondary N) is 1. The Hall–Kier alpha value is -2.20. The van der Waals surface area contributed by atoms with Crippen molar-refractivity contribution in [1.82, 2.24) is 0 Å². The number of methoxy groups -OCH3 is 1. The highest BCUT2D eigenvalue weighted by molar-refractivity contribution is 5.70. The molecule has 3 N–H and O–H groups in total. The number of hydrogen-bond donors (Lipinski definition) is 2. The summed E-state index contributed by atoms with van der Waals surface area (Å²) >= 11 is 0. The molecule has 0 amide bonds. The second kappa shape index (κ2) is 5.66. The Morgan fingerprint density at radius 1 is 1.33 bits per heavy atom. The summed E-state index contributed by atoms with van der Waals surface area (Å²) < 4.78 is 11.2. The smallest absolute Gasteiger partial charge is 0.146 e. The molecule has 0 aromatic heterocycles. The molecule has 0 radical (unpaired) electrons. The molecule has 1 heterocycles. The van der Waals surface area contributed by atoms with Crippen LogP contribution >= 0.6 is 0 Å². The van der Waals surface area contributed by atoms with Crippen molar-refractivity contribution < 1.29 is 9.47 Å². The highest BCUT2D eigenvalue weighted by Gasteiger charge is 2.24.